The first-order valence-corrected chi connectivity index (χ1v) is 11.3. The zero-order chi connectivity index (χ0) is 23.3. The summed E-state index contributed by atoms with van der Waals surface area (Å²) in [4.78, 5) is 23.2. The van der Waals surface area contributed by atoms with Crippen LogP contribution in [0.15, 0.2) is 71.8 Å². The van der Waals surface area contributed by atoms with Crippen molar-refractivity contribution in [2.24, 2.45) is 0 Å². The monoisotopic (exact) mass is 461 g/mol. The van der Waals surface area contributed by atoms with E-state index in [0.29, 0.717) is 38.5 Å². The SMILES string of the molecule is Nc1nc2c(ncn2[C@H]2CO[C@H](COCc3ccccc3)[C@@H](OCc3ccccc3)C2)c(=O)[nH]1. The Morgan fingerprint density at radius 2 is 1.76 bits per heavy atom. The topological polar surface area (TPSA) is 117 Å². The second-order valence-corrected chi connectivity index (χ2v) is 8.37. The molecule has 1 saturated heterocycles. The summed E-state index contributed by atoms with van der Waals surface area (Å²) in [5.74, 6) is 0.0556. The van der Waals surface area contributed by atoms with Gasteiger partial charge in [-0.1, -0.05) is 60.7 Å². The average molecular weight is 462 g/mol. The highest BCUT2D eigenvalue weighted by atomic mass is 16.6. The zero-order valence-corrected chi connectivity index (χ0v) is 18.7. The van der Waals surface area contributed by atoms with E-state index in [1.54, 1.807) is 6.33 Å². The molecule has 0 radical (unpaired) electrons. The maximum atomic E-state index is 12.2. The molecular weight excluding hydrogens is 434 g/mol. The summed E-state index contributed by atoms with van der Waals surface area (Å²) in [7, 11) is 0. The summed E-state index contributed by atoms with van der Waals surface area (Å²) in [6.45, 7) is 1.81. The first-order chi connectivity index (χ1) is 16.7. The van der Waals surface area contributed by atoms with E-state index in [-0.39, 0.29) is 35.3 Å². The standard InChI is InChI=1S/C25H27N5O4/c26-25-28-23-22(24(31)29-25)27-16-30(23)19-11-20(33-13-18-9-5-2-6-10-18)21(34-14-19)15-32-12-17-7-3-1-4-8-17/h1-10,16,19-21H,11-15H2,(H3,26,28,29,31)/t19-,20+,21-/m1/s1. The van der Waals surface area contributed by atoms with Crippen LogP contribution in [0.1, 0.15) is 23.6 Å². The van der Waals surface area contributed by atoms with E-state index in [1.807, 2.05) is 65.2 Å². The molecule has 2 aromatic heterocycles. The molecule has 0 bridgehead atoms. The van der Waals surface area contributed by atoms with Crippen LogP contribution in [-0.4, -0.2) is 44.9 Å². The molecule has 34 heavy (non-hydrogen) atoms. The van der Waals surface area contributed by atoms with Crippen molar-refractivity contribution in [3.63, 3.8) is 0 Å². The number of H-pyrrole nitrogens is 1. The maximum absolute atomic E-state index is 12.2. The minimum absolute atomic E-state index is 0.0556. The molecule has 3 N–H and O–H groups in total. The number of rotatable bonds is 8. The van der Waals surface area contributed by atoms with Crippen LogP contribution in [0, 0.1) is 0 Å². The van der Waals surface area contributed by atoms with Crippen molar-refractivity contribution in [2.45, 2.75) is 37.9 Å². The van der Waals surface area contributed by atoms with Gasteiger partial charge in [0.15, 0.2) is 11.2 Å². The van der Waals surface area contributed by atoms with Gasteiger partial charge in [0.1, 0.15) is 6.10 Å². The number of nitrogen functional groups attached to an aromatic ring is 1. The molecule has 176 valence electrons. The van der Waals surface area contributed by atoms with Crippen molar-refractivity contribution >= 4 is 17.1 Å². The molecule has 0 unspecified atom stereocenters. The van der Waals surface area contributed by atoms with Crippen LogP contribution in [0.4, 0.5) is 5.95 Å². The van der Waals surface area contributed by atoms with E-state index in [1.165, 1.54) is 0 Å². The number of fused-ring (bicyclic) bond motifs is 1. The van der Waals surface area contributed by atoms with E-state index in [4.69, 9.17) is 19.9 Å². The fourth-order valence-corrected chi connectivity index (χ4v) is 4.21. The largest absolute Gasteiger partial charge is 0.374 e. The van der Waals surface area contributed by atoms with E-state index < -0.39 is 0 Å². The van der Waals surface area contributed by atoms with Crippen LogP contribution in [0.2, 0.25) is 0 Å². The van der Waals surface area contributed by atoms with Crippen LogP contribution < -0.4 is 11.3 Å². The maximum Gasteiger partial charge on any atom is 0.280 e. The number of nitrogens with two attached hydrogens (primary N) is 1. The number of hydrogen-bond acceptors (Lipinski definition) is 7. The van der Waals surface area contributed by atoms with Gasteiger partial charge >= 0.3 is 0 Å². The molecule has 2 aromatic carbocycles. The molecule has 4 aromatic rings. The Balaban J connectivity index is 1.31. The highest BCUT2D eigenvalue weighted by Gasteiger charge is 2.34. The fraction of sp³-hybridized carbons (Fsp3) is 0.320. The lowest BCUT2D eigenvalue weighted by atomic mass is 10.0. The van der Waals surface area contributed by atoms with Crippen LogP contribution in [0.3, 0.4) is 0 Å². The number of nitrogens with zero attached hydrogens (tertiary/aromatic N) is 3. The van der Waals surface area contributed by atoms with Crippen LogP contribution in [0.25, 0.3) is 11.2 Å². The lowest BCUT2D eigenvalue weighted by Crippen LogP contribution is -2.43. The molecule has 1 aliphatic rings. The molecule has 9 nitrogen and oxygen atoms in total. The van der Waals surface area contributed by atoms with E-state index in [2.05, 4.69) is 15.0 Å². The van der Waals surface area contributed by atoms with Crippen molar-refractivity contribution in [3.05, 3.63) is 88.5 Å². The number of aromatic nitrogens is 4. The van der Waals surface area contributed by atoms with E-state index >= 15 is 0 Å². The summed E-state index contributed by atoms with van der Waals surface area (Å²) in [6, 6.07) is 20.0. The first-order valence-electron chi connectivity index (χ1n) is 11.3. The van der Waals surface area contributed by atoms with Gasteiger partial charge in [-0.2, -0.15) is 4.98 Å². The molecule has 5 rings (SSSR count). The number of hydrogen-bond donors (Lipinski definition) is 2. The van der Waals surface area contributed by atoms with E-state index in [9.17, 15) is 4.79 Å². The third-order valence-corrected chi connectivity index (χ3v) is 5.97. The van der Waals surface area contributed by atoms with Crippen molar-refractivity contribution in [3.8, 4) is 0 Å². The molecular formula is C25H27N5O4. The predicted octanol–water partition coefficient (Wildman–Crippen LogP) is 2.83. The number of anilines is 1. The van der Waals surface area contributed by atoms with Gasteiger partial charge in [0.2, 0.25) is 5.95 Å². The number of benzene rings is 2. The van der Waals surface area contributed by atoms with E-state index in [0.717, 1.165) is 11.1 Å². The number of nitrogens with one attached hydrogen (secondary N) is 1. The lowest BCUT2D eigenvalue weighted by Gasteiger charge is -2.36. The predicted molar refractivity (Wildman–Crippen MR) is 127 cm³/mol. The van der Waals surface area contributed by atoms with Crippen molar-refractivity contribution in [2.75, 3.05) is 18.9 Å². The Morgan fingerprint density at radius 3 is 2.50 bits per heavy atom. The third kappa shape index (κ3) is 5.01. The van der Waals surface area contributed by atoms with Gasteiger partial charge in [-0.05, 0) is 17.5 Å². The van der Waals surface area contributed by atoms with Gasteiger partial charge in [0, 0.05) is 0 Å². The molecule has 0 aliphatic carbocycles. The number of aromatic amines is 1. The highest BCUT2D eigenvalue weighted by Crippen LogP contribution is 2.29. The van der Waals surface area contributed by atoms with Gasteiger partial charge in [-0.15, -0.1) is 0 Å². The van der Waals surface area contributed by atoms with Gasteiger partial charge in [0.25, 0.3) is 5.56 Å². The third-order valence-electron chi connectivity index (χ3n) is 5.97. The molecule has 1 fully saturated rings. The smallest absolute Gasteiger partial charge is 0.280 e. The summed E-state index contributed by atoms with van der Waals surface area (Å²) in [6.07, 6.45) is 1.83. The average Bonchev–Trinajstić information content (AvgIpc) is 3.29. The van der Waals surface area contributed by atoms with Crippen molar-refractivity contribution in [1.82, 2.24) is 19.5 Å². The lowest BCUT2D eigenvalue weighted by molar-refractivity contribution is -0.150. The normalized spacial score (nSPS) is 20.5. The molecule has 9 heteroatoms. The summed E-state index contributed by atoms with van der Waals surface area (Å²) < 4.78 is 20.4. The van der Waals surface area contributed by atoms with Gasteiger partial charge in [0.05, 0.1) is 44.9 Å². The van der Waals surface area contributed by atoms with Gasteiger partial charge in [-0.3, -0.25) is 9.78 Å². The minimum atomic E-state index is -0.359. The second kappa shape index (κ2) is 10.2. The zero-order valence-electron chi connectivity index (χ0n) is 18.7. The summed E-state index contributed by atoms with van der Waals surface area (Å²) in [5, 5.41) is 0. The fourth-order valence-electron chi connectivity index (χ4n) is 4.21. The van der Waals surface area contributed by atoms with Gasteiger partial charge in [-0.25, -0.2) is 4.98 Å². The second-order valence-electron chi connectivity index (χ2n) is 8.37. The molecule has 0 spiro atoms. The number of imidazole rings is 1. The molecule has 1 aliphatic heterocycles. The Labute approximate surface area is 196 Å². The minimum Gasteiger partial charge on any atom is -0.374 e. The van der Waals surface area contributed by atoms with Gasteiger partial charge < -0.3 is 24.5 Å². The molecule has 0 saturated carbocycles. The summed E-state index contributed by atoms with van der Waals surface area (Å²) >= 11 is 0. The van der Waals surface area contributed by atoms with Crippen LogP contribution in [-0.2, 0) is 27.4 Å². The Hall–Kier alpha value is -3.53. The quantitative estimate of drug-likeness (QED) is 0.414. The first kappa shape index (κ1) is 22.3. The Kier molecular flexibility index (Phi) is 6.66. The number of ether oxygens (including phenoxy) is 3. The Bertz CT molecular complexity index is 1270. The molecule has 0 amide bonds. The molecule has 3 heterocycles. The molecule has 3 atom stereocenters. The summed E-state index contributed by atoms with van der Waals surface area (Å²) in [5.41, 5.74) is 8.30. The Morgan fingerprint density at radius 1 is 1.06 bits per heavy atom. The highest BCUT2D eigenvalue weighted by molar-refractivity contribution is 5.70. The van der Waals surface area contributed by atoms with Crippen molar-refractivity contribution < 1.29 is 14.2 Å². The van der Waals surface area contributed by atoms with Crippen LogP contribution >= 0.6 is 0 Å². The van der Waals surface area contributed by atoms with Crippen molar-refractivity contribution in [1.29, 1.82) is 0 Å². The van der Waals surface area contributed by atoms with Crippen LogP contribution in [0.5, 0.6) is 0 Å².